The number of thiazole rings is 1. The molecule has 0 aliphatic carbocycles. The van der Waals surface area contributed by atoms with Gasteiger partial charge >= 0.3 is 0 Å². The molecule has 0 spiro atoms. The van der Waals surface area contributed by atoms with Crippen molar-refractivity contribution in [2.24, 2.45) is 0 Å². The van der Waals surface area contributed by atoms with Gasteiger partial charge in [-0.15, -0.1) is 11.3 Å². The lowest BCUT2D eigenvalue weighted by Gasteiger charge is -1.96. The van der Waals surface area contributed by atoms with Gasteiger partial charge in [0.25, 0.3) is 0 Å². The lowest BCUT2D eigenvalue weighted by Crippen LogP contribution is -1.74. The molecule has 0 radical (unpaired) electrons. The van der Waals surface area contributed by atoms with Crippen molar-refractivity contribution in [3.05, 3.63) is 51.3 Å². The molecule has 0 saturated carbocycles. The maximum Gasteiger partial charge on any atom is 0.154 e. The Balaban J connectivity index is 1.96. The van der Waals surface area contributed by atoms with Gasteiger partial charge in [-0.2, -0.15) is 0 Å². The van der Waals surface area contributed by atoms with Crippen LogP contribution in [0.25, 0.3) is 22.8 Å². The summed E-state index contributed by atoms with van der Waals surface area (Å²) in [5, 5.41) is 3.06. The van der Waals surface area contributed by atoms with Gasteiger partial charge in [0.05, 0.1) is 5.01 Å². The molecular weight excluding hydrogens is 310 g/mol. The summed E-state index contributed by atoms with van der Waals surface area (Å²) in [5.41, 5.74) is 1.97. The first-order chi connectivity index (χ1) is 8.72. The van der Waals surface area contributed by atoms with E-state index in [1.54, 1.807) is 11.3 Å². The first-order valence-corrected chi connectivity index (χ1v) is 7.18. The Morgan fingerprint density at radius 3 is 2.44 bits per heavy atom. The van der Waals surface area contributed by atoms with Crippen molar-refractivity contribution in [3.8, 4) is 22.8 Å². The van der Waals surface area contributed by atoms with Crippen molar-refractivity contribution in [2.45, 2.75) is 6.92 Å². The lowest BCUT2D eigenvalue weighted by atomic mass is 10.2. The summed E-state index contributed by atoms with van der Waals surface area (Å²) >= 11 is 5.05. The zero-order valence-electron chi connectivity index (χ0n) is 9.68. The predicted molar refractivity (Wildman–Crippen MR) is 77.7 cm³/mol. The van der Waals surface area contributed by atoms with Crippen LogP contribution in [0.3, 0.4) is 0 Å². The summed E-state index contributed by atoms with van der Waals surface area (Å²) in [5.74, 6) is 1.68. The van der Waals surface area contributed by atoms with Crippen LogP contribution in [0.4, 0.5) is 0 Å². The number of furan rings is 1. The summed E-state index contributed by atoms with van der Waals surface area (Å²) < 4.78 is 6.90. The minimum Gasteiger partial charge on any atom is -0.454 e. The molecule has 0 fully saturated rings. The second-order valence-electron chi connectivity index (χ2n) is 3.92. The Morgan fingerprint density at radius 1 is 1.06 bits per heavy atom. The van der Waals surface area contributed by atoms with E-state index in [4.69, 9.17) is 4.42 Å². The van der Waals surface area contributed by atoms with E-state index in [0.717, 1.165) is 32.3 Å². The van der Waals surface area contributed by atoms with Crippen LogP contribution in [-0.2, 0) is 0 Å². The molecule has 0 atom stereocenters. The molecule has 0 aliphatic heterocycles. The Bertz CT molecular complexity index is 669. The van der Waals surface area contributed by atoms with Crippen molar-refractivity contribution < 1.29 is 4.42 Å². The molecule has 4 heteroatoms. The van der Waals surface area contributed by atoms with Gasteiger partial charge < -0.3 is 4.42 Å². The minimum absolute atomic E-state index is 0.817. The van der Waals surface area contributed by atoms with Crippen molar-refractivity contribution in [1.82, 2.24) is 4.98 Å². The van der Waals surface area contributed by atoms with Crippen LogP contribution in [-0.4, -0.2) is 4.98 Å². The SMILES string of the molecule is Cc1nc(-c2ccc(-c3ccc(Br)cc3)o2)cs1. The fraction of sp³-hybridized carbons (Fsp3) is 0.0714. The number of aryl methyl sites for hydroxylation is 1. The second kappa shape index (κ2) is 4.71. The van der Waals surface area contributed by atoms with Gasteiger partial charge in [-0.1, -0.05) is 28.1 Å². The number of halogens is 1. The standard InChI is InChI=1S/C14H10BrNOS/c1-9-16-12(8-18-9)14-7-6-13(17-14)10-2-4-11(15)5-3-10/h2-8H,1H3. The van der Waals surface area contributed by atoms with Gasteiger partial charge in [0.2, 0.25) is 0 Å². The lowest BCUT2D eigenvalue weighted by molar-refractivity contribution is 0.595. The third-order valence-electron chi connectivity index (χ3n) is 2.61. The first-order valence-electron chi connectivity index (χ1n) is 5.50. The Labute approximate surface area is 117 Å². The quantitative estimate of drug-likeness (QED) is 0.653. The van der Waals surface area contributed by atoms with Crippen LogP contribution >= 0.6 is 27.3 Å². The molecule has 3 rings (SSSR count). The normalized spacial score (nSPS) is 10.8. The third kappa shape index (κ3) is 2.26. The van der Waals surface area contributed by atoms with Gasteiger partial charge in [0.1, 0.15) is 11.5 Å². The van der Waals surface area contributed by atoms with Crippen molar-refractivity contribution in [2.75, 3.05) is 0 Å². The van der Waals surface area contributed by atoms with Crippen LogP contribution in [0, 0.1) is 6.92 Å². The van der Waals surface area contributed by atoms with Gasteiger partial charge in [-0.25, -0.2) is 4.98 Å². The Morgan fingerprint density at radius 2 is 1.78 bits per heavy atom. The minimum atomic E-state index is 0.817. The van der Waals surface area contributed by atoms with Gasteiger partial charge in [-0.3, -0.25) is 0 Å². The van der Waals surface area contributed by atoms with E-state index in [2.05, 4.69) is 20.9 Å². The topological polar surface area (TPSA) is 26.0 Å². The van der Waals surface area contributed by atoms with E-state index in [1.165, 1.54) is 0 Å². The van der Waals surface area contributed by atoms with Crippen LogP contribution in [0.2, 0.25) is 0 Å². The summed E-state index contributed by atoms with van der Waals surface area (Å²) in [7, 11) is 0. The highest BCUT2D eigenvalue weighted by atomic mass is 79.9. The number of nitrogens with zero attached hydrogens (tertiary/aromatic N) is 1. The van der Waals surface area contributed by atoms with E-state index in [1.807, 2.05) is 48.7 Å². The van der Waals surface area contributed by atoms with Crippen LogP contribution in [0.5, 0.6) is 0 Å². The molecule has 0 N–H and O–H groups in total. The van der Waals surface area contributed by atoms with Crippen LogP contribution in [0.1, 0.15) is 5.01 Å². The van der Waals surface area contributed by atoms with E-state index in [0.29, 0.717) is 0 Å². The monoisotopic (exact) mass is 319 g/mol. The first kappa shape index (κ1) is 11.7. The zero-order valence-corrected chi connectivity index (χ0v) is 12.1. The molecular formula is C14H10BrNOS. The zero-order chi connectivity index (χ0) is 12.5. The molecule has 1 aromatic carbocycles. The average Bonchev–Trinajstić information content (AvgIpc) is 2.98. The summed E-state index contributed by atoms with van der Waals surface area (Å²) in [4.78, 5) is 4.42. The summed E-state index contributed by atoms with van der Waals surface area (Å²) in [6.45, 7) is 1.99. The second-order valence-corrected chi connectivity index (χ2v) is 5.90. The number of hydrogen-bond acceptors (Lipinski definition) is 3. The highest BCUT2D eigenvalue weighted by Gasteiger charge is 2.09. The molecule has 2 heterocycles. The summed E-state index contributed by atoms with van der Waals surface area (Å²) in [6, 6.07) is 12.0. The Kier molecular flexibility index (Phi) is 3.06. The smallest absolute Gasteiger partial charge is 0.154 e. The van der Waals surface area contributed by atoms with E-state index in [9.17, 15) is 0 Å². The molecule has 0 amide bonds. The average molecular weight is 320 g/mol. The molecule has 0 bridgehead atoms. The van der Waals surface area contributed by atoms with E-state index in [-0.39, 0.29) is 0 Å². The molecule has 0 aliphatic rings. The molecule has 0 unspecified atom stereocenters. The fourth-order valence-corrected chi connectivity index (χ4v) is 2.59. The maximum atomic E-state index is 5.84. The Hall–Kier alpha value is -1.39. The highest BCUT2D eigenvalue weighted by Crippen LogP contribution is 2.29. The number of benzene rings is 1. The third-order valence-corrected chi connectivity index (χ3v) is 3.91. The molecule has 0 saturated heterocycles. The highest BCUT2D eigenvalue weighted by molar-refractivity contribution is 9.10. The predicted octanol–water partition coefficient (Wildman–Crippen LogP) is 5.14. The number of rotatable bonds is 2. The van der Waals surface area contributed by atoms with Crippen LogP contribution in [0.15, 0.2) is 50.7 Å². The largest absolute Gasteiger partial charge is 0.454 e. The molecule has 90 valence electrons. The van der Waals surface area contributed by atoms with Crippen molar-refractivity contribution >= 4 is 27.3 Å². The van der Waals surface area contributed by atoms with Crippen molar-refractivity contribution in [3.63, 3.8) is 0 Å². The van der Waals surface area contributed by atoms with E-state index >= 15 is 0 Å². The molecule has 2 aromatic heterocycles. The van der Waals surface area contributed by atoms with Gasteiger partial charge in [0.15, 0.2) is 5.76 Å². The number of aromatic nitrogens is 1. The molecule has 3 aromatic rings. The van der Waals surface area contributed by atoms with Gasteiger partial charge in [-0.05, 0) is 31.2 Å². The summed E-state index contributed by atoms with van der Waals surface area (Å²) in [6.07, 6.45) is 0. The van der Waals surface area contributed by atoms with Crippen molar-refractivity contribution in [1.29, 1.82) is 0 Å². The van der Waals surface area contributed by atoms with E-state index < -0.39 is 0 Å². The molecule has 18 heavy (non-hydrogen) atoms. The maximum absolute atomic E-state index is 5.84. The van der Waals surface area contributed by atoms with Crippen LogP contribution < -0.4 is 0 Å². The fourth-order valence-electron chi connectivity index (χ4n) is 1.72. The van der Waals surface area contributed by atoms with Gasteiger partial charge in [0, 0.05) is 15.4 Å². The number of hydrogen-bond donors (Lipinski definition) is 0. The molecule has 2 nitrogen and oxygen atoms in total.